The quantitative estimate of drug-likeness (QED) is 0.357. The lowest BCUT2D eigenvalue weighted by Crippen LogP contribution is -2.32. The van der Waals surface area contributed by atoms with Crippen LogP contribution < -0.4 is 5.32 Å². The van der Waals surface area contributed by atoms with Crippen molar-refractivity contribution in [1.82, 2.24) is 19.5 Å². The highest BCUT2D eigenvalue weighted by Crippen LogP contribution is 2.41. The number of fused-ring (bicyclic) bond motifs is 2. The van der Waals surface area contributed by atoms with E-state index in [1.807, 2.05) is 0 Å². The number of carbonyl (C=O) groups is 2. The number of nitrogens with zero attached hydrogens (tertiary/aromatic N) is 4. The smallest absolute Gasteiger partial charge is 0.400 e. The molecule has 2 aliphatic heterocycles. The molecule has 2 aromatic carbocycles. The van der Waals surface area contributed by atoms with E-state index in [1.165, 1.54) is 17.2 Å². The van der Waals surface area contributed by atoms with Crippen LogP contribution >= 0.6 is 0 Å². The highest BCUT2D eigenvalue weighted by Gasteiger charge is 2.57. The first-order valence-electron chi connectivity index (χ1n) is 11.4. The Morgan fingerprint density at radius 1 is 0.921 bits per heavy atom. The molecule has 0 saturated carbocycles. The maximum absolute atomic E-state index is 12.6. The third-order valence-corrected chi connectivity index (χ3v) is 6.95. The molecule has 13 nitrogen and oxygen atoms in total. The van der Waals surface area contributed by atoms with Gasteiger partial charge in [-0.05, 0) is 24.3 Å². The van der Waals surface area contributed by atoms with Crippen molar-refractivity contribution in [3.8, 4) is 0 Å². The highest BCUT2D eigenvalue weighted by molar-refractivity contribution is 7.82. The van der Waals surface area contributed by atoms with E-state index in [2.05, 4.69) is 20.3 Å². The number of rotatable bonds is 6. The zero-order valence-electron chi connectivity index (χ0n) is 19.4. The SMILES string of the molecule is O=C(Nc1ncnc2c1ncn2[C@@H]1O[C@H](COC(=O)c2ccccc2)[C@H]2OS(=O)(=O)O[C@H]21)c1ccccc1. The van der Waals surface area contributed by atoms with Crippen LogP contribution in [0.4, 0.5) is 5.82 Å². The summed E-state index contributed by atoms with van der Waals surface area (Å²) < 4.78 is 47.4. The lowest BCUT2D eigenvalue weighted by molar-refractivity contribution is -0.0595. The lowest BCUT2D eigenvalue weighted by Gasteiger charge is -2.18. The van der Waals surface area contributed by atoms with Crippen molar-refractivity contribution in [2.45, 2.75) is 24.5 Å². The molecule has 6 rings (SSSR count). The van der Waals surface area contributed by atoms with E-state index in [-0.39, 0.29) is 23.6 Å². The molecule has 194 valence electrons. The van der Waals surface area contributed by atoms with E-state index >= 15 is 0 Å². The van der Waals surface area contributed by atoms with E-state index in [0.29, 0.717) is 11.1 Å². The number of carbonyl (C=O) groups excluding carboxylic acids is 2. The highest BCUT2D eigenvalue weighted by atomic mass is 32.3. The number of aromatic nitrogens is 4. The Morgan fingerprint density at radius 2 is 1.61 bits per heavy atom. The normalized spacial score (nSPS) is 23.7. The first kappa shape index (κ1) is 24.1. The summed E-state index contributed by atoms with van der Waals surface area (Å²) in [6.45, 7) is -0.287. The molecule has 4 atom stereocenters. The van der Waals surface area contributed by atoms with Crippen LogP contribution in [0.15, 0.2) is 73.3 Å². The molecule has 4 aromatic rings. The molecule has 2 aromatic heterocycles. The third kappa shape index (κ3) is 4.50. The molecule has 1 N–H and O–H groups in total. The van der Waals surface area contributed by atoms with Crippen molar-refractivity contribution in [2.24, 2.45) is 0 Å². The Labute approximate surface area is 215 Å². The largest absolute Gasteiger partial charge is 0.459 e. The lowest BCUT2D eigenvalue weighted by atomic mass is 10.1. The minimum Gasteiger partial charge on any atom is -0.459 e. The van der Waals surface area contributed by atoms with Gasteiger partial charge in [0.15, 0.2) is 29.3 Å². The first-order valence-corrected chi connectivity index (χ1v) is 12.8. The summed E-state index contributed by atoms with van der Waals surface area (Å²) in [6.07, 6.45) is -1.59. The minimum absolute atomic E-state index is 0.154. The minimum atomic E-state index is -4.31. The number of hydrogen-bond acceptors (Lipinski definition) is 11. The van der Waals surface area contributed by atoms with E-state index in [9.17, 15) is 18.0 Å². The van der Waals surface area contributed by atoms with Crippen molar-refractivity contribution in [3.05, 3.63) is 84.4 Å². The molecule has 0 bridgehead atoms. The predicted octanol–water partition coefficient (Wildman–Crippen LogP) is 1.86. The molecule has 0 unspecified atom stereocenters. The summed E-state index contributed by atoms with van der Waals surface area (Å²) in [5.41, 5.74) is 1.26. The van der Waals surface area contributed by atoms with Crippen molar-refractivity contribution >= 4 is 39.3 Å². The van der Waals surface area contributed by atoms with Crippen molar-refractivity contribution in [3.63, 3.8) is 0 Å². The van der Waals surface area contributed by atoms with E-state index in [4.69, 9.17) is 17.8 Å². The van der Waals surface area contributed by atoms with Crippen molar-refractivity contribution in [2.75, 3.05) is 11.9 Å². The number of benzene rings is 2. The number of hydrogen-bond donors (Lipinski definition) is 1. The van der Waals surface area contributed by atoms with Gasteiger partial charge in [0.05, 0.1) is 11.9 Å². The van der Waals surface area contributed by atoms with Gasteiger partial charge in [0.2, 0.25) is 0 Å². The first-order chi connectivity index (χ1) is 18.4. The van der Waals surface area contributed by atoms with Gasteiger partial charge < -0.3 is 14.8 Å². The Hall–Kier alpha value is -4.24. The second-order valence-electron chi connectivity index (χ2n) is 8.43. The molecular weight excluding hydrogens is 518 g/mol. The molecule has 0 spiro atoms. The number of ether oxygens (including phenoxy) is 2. The summed E-state index contributed by atoms with van der Waals surface area (Å²) >= 11 is 0. The topological polar surface area (TPSA) is 161 Å². The molecule has 2 fully saturated rings. The van der Waals surface area contributed by atoms with Crippen LogP contribution in [0.1, 0.15) is 26.9 Å². The Bertz CT molecular complexity index is 1610. The van der Waals surface area contributed by atoms with Crippen molar-refractivity contribution < 1.29 is 35.8 Å². The fraction of sp³-hybridized carbons (Fsp3) is 0.208. The number of nitrogens with one attached hydrogen (secondary N) is 1. The maximum atomic E-state index is 12.6. The van der Waals surface area contributed by atoms with Crippen LogP contribution in [-0.4, -0.2) is 64.7 Å². The molecule has 2 saturated heterocycles. The van der Waals surface area contributed by atoms with Crippen LogP contribution in [-0.2, 0) is 28.2 Å². The predicted molar refractivity (Wildman–Crippen MR) is 129 cm³/mol. The fourth-order valence-corrected chi connectivity index (χ4v) is 5.32. The fourth-order valence-electron chi connectivity index (χ4n) is 4.29. The van der Waals surface area contributed by atoms with Gasteiger partial charge in [0.25, 0.3) is 5.91 Å². The molecule has 14 heteroatoms. The Kier molecular flexibility index (Phi) is 6.07. The van der Waals surface area contributed by atoms with Crippen LogP contribution in [0.5, 0.6) is 0 Å². The van der Waals surface area contributed by atoms with Crippen LogP contribution in [0, 0.1) is 0 Å². The summed E-state index contributed by atoms with van der Waals surface area (Å²) in [7, 11) is -4.31. The Morgan fingerprint density at radius 3 is 2.34 bits per heavy atom. The Balaban J connectivity index is 1.26. The van der Waals surface area contributed by atoms with Gasteiger partial charge in [-0.15, -0.1) is 0 Å². The zero-order chi connectivity index (χ0) is 26.3. The van der Waals surface area contributed by atoms with Crippen LogP contribution in [0.25, 0.3) is 11.2 Å². The third-order valence-electron chi connectivity index (χ3n) is 6.03. The number of anilines is 1. The molecule has 0 aliphatic carbocycles. The molecular formula is C24H19N5O8S. The molecule has 2 aliphatic rings. The summed E-state index contributed by atoms with van der Waals surface area (Å²) in [5.74, 6) is -0.839. The van der Waals surface area contributed by atoms with Gasteiger partial charge in [-0.25, -0.2) is 28.1 Å². The number of esters is 1. The second-order valence-corrected chi connectivity index (χ2v) is 9.63. The summed E-state index contributed by atoms with van der Waals surface area (Å²) in [6, 6.07) is 16.9. The van der Waals surface area contributed by atoms with Crippen molar-refractivity contribution in [1.29, 1.82) is 0 Å². The molecule has 38 heavy (non-hydrogen) atoms. The summed E-state index contributed by atoms with van der Waals surface area (Å²) in [4.78, 5) is 37.7. The van der Waals surface area contributed by atoms with Crippen LogP contribution in [0.3, 0.4) is 0 Å². The van der Waals surface area contributed by atoms with Gasteiger partial charge in [-0.2, -0.15) is 8.42 Å². The van der Waals surface area contributed by atoms with Gasteiger partial charge in [-0.3, -0.25) is 9.36 Å². The zero-order valence-corrected chi connectivity index (χ0v) is 20.2. The van der Waals surface area contributed by atoms with Gasteiger partial charge in [-0.1, -0.05) is 36.4 Å². The average molecular weight is 538 g/mol. The van der Waals surface area contributed by atoms with E-state index in [0.717, 1.165) is 0 Å². The molecule has 0 radical (unpaired) electrons. The molecule has 1 amide bonds. The second kappa shape index (κ2) is 9.57. The van der Waals surface area contributed by atoms with Gasteiger partial charge in [0.1, 0.15) is 25.1 Å². The maximum Gasteiger partial charge on any atom is 0.400 e. The summed E-state index contributed by atoms with van der Waals surface area (Å²) in [5, 5.41) is 2.71. The van der Waals surface area contributed by atoms with Gasteiger partial charge in [0, 0.05) is 5.56 Å². The average Bonchev–Trinajstić information content (AvgIpc) is 3.59. The number of amides is 1. The van der Waals surface area contributed by atoms with E-state index in [1.54, 1.807) is 60.7 Å². The van der Waals surface area contributed by atoms with Crippen LogP contribution in [0.2, 0.25) is 0 Å². The molecule has 4 heterocycles. The standard InChI is InChI=1S/C24H19N5O8S/c30-22(14-7-3-1-4-8-14)28-20-17-21(26-12-25-20)29(13-27-17)23-19-18(36-38(32,33)37-19)16(35-23)11-34-24(31)15-9-5-2-6-10-15/h1-10,12-13,16,18-19,23H,11H2,(H,25,26,28,30)/t16-,18-,19-,23-/m1/s1. The monoisotopic (exact) mass is 537 g/mol. The van der Waals surface area contributed by atoms with E-state index < -0.39 is 46.8 Å². The number of imidazole rings is 1. The van der Waals surface area contributed by atoms with Gasteiger partial charge >= 0.3 is 16.4 Å².